The summed E-state index contributed by atoms with van der Waals surface area (Å²) in [5, 5.41) is 9.87. The molecule has 0 aromatic rings. The third kappa shape index (κ3) is 3.14. The minimum Gasteiger partial charge on any atom is -0.394 e. The van der Waals surface area contributed by atoms with Crippen LogP contribution in [0.2, 0.25) is 0 Å². The van der Waals surface area contributed by atoms with E-state index in [-0.39, 0.29) is 30.4 Å². The molecule has 0 saturated carbocycles. The molecule has 1 unspecified atom stereocenters. The molecule has 3 amide bonds. The SMILES string of the molecule is CCCN1CC=C[C@H]2O[C@]34C=CCN(C(C)C)C(=O)C3N([C@H](C)CO)C(=O)[C@@H]4[C@H]2C1=O. The largest absolute Gasteiger partial charge is 0.394 e. The minimum absolute atomic E-state index is 0.0545. The van der Waals surface area contributed by atoms with E-state index in [0.29, 0.717) is 19.6 Å². The molecule has 2 saturated heterocycles. The Morgan fingerprint density at radius 2 is 1.87 bits per heavy atom. The van der Waals surface area contributed by atoms with Gasteiger partial charge >= 0.3 is 0 Å². The van der Waals surface area contributed by atoms with Gasteiger partial charge in [0, 0.05) is 25.7 Å². The second-order valence-electron chi connectivity index (χ2n) is 9.32. The molecule has 31 heavy (non-hydrogen) atoms. The lowest BCUT2D eigenvalue weighted by Crippen LogP contribution is -2.58. The van der Waals surface area contributed by atoms with Gasteiger partial charge in [-0.2, -0.15) is 0 Å². The summed E-state index contributed by atoms with van der Waals surface area (Å²) in [5.41, 5.74) is -1.22. The number of aliphatic hydroxyl groups is 1. The van der Waals surface area contributed by atoms with Gasteiger partial charge in [-0.25, -0.2) is 0 Å². The van der Waals surface area contributed by atoms with Crippen molar-refractivity contribution in [1.29, 1.82) is 0 Å². The number of likely N-dealkylation sites (tertiary alicyclic amines) is 1. The number of ether oxygens (including phenoxy) is 1. The highest BCUT2D eigenvalue weighted by Crippen LogP contribution is 2.53. The molecule has 0 aromatic heterocycles. The summed E-state index contributed by atoms with van der Waals surface area (Å²) in [6.07, 6.45) is 7.78. The first-order chi connectivity index (χ1) is 14.8. The highest BCUT2D eigenvalue weighted by Gasteiger charge is 2.72. The number of carbonyl (C=O) groups is 3. The molecule has 0 aliphatic carbocycles. The Hall–Kier alpha value is -2.19. The first-order valence-electron chi connectivity index (χ1n) is 11.3. The van der Waals surface area contributed by atoms with Crippen molar-refractivity contribution in [2.45, 2.75) is 63.9 Å². The molecular weight excluding hydrogens is 398 g/mol. The maximum Gasteiger partial charge on any atom is 0.249 e. The van der Waals surface area contributed by atoms with Gasteiger partial charge in [0.1, 0.15) is 11.6 Å². The predicted molar refractivity (Wildman–Crippen MR) is 114 cm³/mol. The maximum absolute atomic E-state index is 13.8. The molecule has 1 N–H and O–H groups in total. The van der Waals surface area contributed by atoms with E-state index >= 15 is 0 Å². The summed E-state index contributed by atoms with van der Waals surface area (Å²) in [6, 6.07) is -1.52. The molecule has 4 heterocycles. The lowest BCUT2D eigenvalue weighted by Gasteiger charge is -2.38. The number of fused-ring (bicyclic) bond motifs is 2. The second-order valence-corrected chi connectivity index (χ2v) is 9.32. The summed E-state index contributed by atoms with van der Waals surface area (Å²) >= 11 is 0. The Morgan fingerprint density at radius 3 is 2.52 bits per heavy atom. The van der Waals surface area contributed by atoms with Gasteiger partial charge in [0.05, 0.1) is 30.6 Å². The van der Waals surface area contributed by atoms with Crippen LogP contribution in [0.1, 0.15) is 34.1 Å². The lowest BCUT2D eigenvalue weighted by molar-refractivity contribution is -0.151. The van der Waals surface area contributed by atoms with E-state index in [0.717, 1.165) is 6.42 Å². The number of rotatable bonds is 5. The number of nitrogens with zero attached hydrogens (tertiary/aromatic N) is 3. The zero-order chi connectivity index (χ0) is 22.5. The van der Waals surface area contributed by atoms with Crippen LogP contribution in [0.3, 0.4) is 0 Å². The monoisotopic (exact) mass is 431 g/mol. The second kappa shape index (κ2) is 8.06. The standard InChI is InChI=1S/C23H33N3O5/c1-5-10-24-11-6-8-16-17(20(24)28)18-21(29)26(15(4)13-27)19-22(30)25(14(2)3)12-7-9-23(18,19)31-16/h6-9,14-19,27H,5,10-13H2,1-4H3/t15-,16-,17+,18+,19?,23+/m1/s1. The van der Waals surface area contributed by atoms with Gasteiger partial charge in [-0.05, 0) is 27.2 Å². The molecule has 2 fully saturated rings. The average Bonchev–Trinajstić information content (AvgIpc) is 3.06. The Kier molecular flexibility index (Phi) is 5.72. The molecule has 170 valence electrons. The Morgan fingerprint density at radius 1 is 1.13 bits per heavy atom. The number of carbonyl (C=O) groups excluding carboxylic acids is 3. The normalized spacial score (nSPS) is 35.9. The van der Waals surface area contributed by atoms with E-state index in [2.05, 4.69) is 0 Å². The zero-order valence-corrected chi connectivity index (χ0v) is 18.7. The Bertz CT molecular complexity index is 824. The topological polar surface area (TPSA) is 90.4 Å². The fraction of sp³-hybridized carbons (Fsp3) is 0.696. The molecule has 1 spiro atoms. The van der Waals surface area contributed by atoms with Crippen molar-refractivity contribution in [2.24, 2.45) is 11.8 Å². The van der Waals surface area contributed by atoms with Gasteiger partial charge in [-0.1, -0.05) is 31.2 Å². The molecular formula is C23H33N3O5. The van der Waals surface area contributed by atoms with Gasteiger partial charge in [-0.15, -0.1) is 0 Å². The molecule has 4 aliphatic rings. The van der Waals surface area contributed by atoms with Gasteiger partial charge in [0.2, 0.25) is 17.7 Å². The van der Waals surface area contributed by atoms with Gasteiger partial charge in [-0.3, -0.25) is 14.4 Å². The lowest BCUT2D eigenvalue weighted by atomic mass is 9.77. The predicted octanol–water partition coefficient (Wildman–Crippen LogP) is 0.563. The van der Waals surface area contributed by atoms with Crippen LogP contribution in [0.5, 0.6) is 0 Å². The van der Waals surface area contributed by atoms with Crippen molar-refractivity contribution in [3.05, 3.63) is 24.3 Å². The van der Waals surface area contributed by atoms with Crippen molar-refractivity contribution in [2.75, 3.05) is 26.2 Å². The summed E-state index contributed by atoms with van der Waals surface area (Å²) in [7, 11) is 0. The van der Waals surface area contributed by atoms with E-state index in [1.165, 1.54) is 4.90 Å². The Labute approximate surface area is 183 Å². The van der Waals surface area contributed by atoms with Crippen molar-refractivity contribution in [1.82, 2.24) is 14.7 Å². The van der Waals surface area contributed by atoms with Crippen LogP contribution >= 0.6 is 0 Å². The van der Waals surface area contributed by atoms with Gasteiger partial charge in [0.15, 0.2) is 0 Å². The maximum atomic E-state index is 13.8. The third-order valence-electron chi connectivity index (χ3n) is 7.07. The smallest absolute Gasteiger partial charge is 0.249 e. The quantitative estimate of drug-likeness (QED) is 0.643. The first-order valence-corrected chi connectivity index (χ1v) is 11.3. The molecule has 6 atom stereocenters. The molecule has 8 nitrogen and oxygen atoms in total. The van der Waals surface area contributed by atoms with Crippen molar-refractivity contribution in [3.8, 4) is 0 Å². The third-order valence-corrected chi connectivity index (χ3v) is 7.07. The van der Waals surface area contributed by atoms with E-state index in [1.54, 1.807) is 16.7 Å². The molecule has 4 rings (SSSR count). The van der Waals surface area contributed by atoms with Crippen LogP contribution in [0.25, 0.3) is 0 Å². The van der Waals surface area contributed by atoms with E-state index in [1.807, 2.05) is 45.1 Å². The van der Waals surface area contributed by atoms with Crippen molar-refractivity contribution < 1.29 is 24.2 Å². The number of amides is 3. The van der Waals surface area contributed by atoms with Crippen LogP contribution in [-0.4, -0.2) is 93.6 Å². The van der Waals surface area contributed by atoms with E-state index < -0.39 is 35.6 Å². The van der Waals surface area contributed by atoms with Gasteiger partial charge in [0.25, 0.3) is 0 Å². The fourth-order valence-corrected chi connectivity index (χ4v) is 5.64. The fourth-order valence-electron chi connectivity index (χ4n) is 5.64. The van der Waals surface area contributed by atoms with Crippen LogP contribution in [-0.2, 0) is 19.1 Å². The van der Waals surface area contributed by atoms with Crippen molar-refractivity contribution >= 4 is 17.7 Å². The van der Waals surface area contributed by atoms with E-state index in [4.69, 9.17) is 4.74 Å². The van der Waals surface area contributed by atoms with Crippen LogP contribution in [0.15, 0.2) is 24.3 Å². The first kappa shape index (κ1) is 22.0. The highest BCUT2D eigenvalue weighted by atomic mass is 16.5. The molecule has 0 radical (unpaired) electrons. The molecule has 0 aromatic carbocycles. The van der Waals surface area contributed by atoms with E-state index in [9.17, 15) is 19.5 Å². The minimum atomic E-state index is -1.22. The summed E-state index contributed by atoms with van der Waals surface area (Å²) in [6.45, 7) is 8.86. The zero-order valence-electron chi connectivity index (χ0n) is 18.7. The Balaban J connectivity index is 1.84. The molecule has 4 aliphatic heterocycles. The molecule has 8 heteroatoms. The van der Waals surface area contributed by atoms with Gasteiger partial charge < -0.3 is 24.5 Å². The summed E-state index contributed by atoms with van der Waals surface area (Å²) in [4.78, 5) is 46.0. The number of hydrogen-bond acceptors (Lipinski definition) is 5. The number of aliphatic hydroxyl groups excluding tert-OH is 1. The van der Waals surface area contributed by atoms with Crippen molar-refractivity contribution in [3.63, 3.8) is 0 Å². The average molecular weight is 432 g/mol. The van der Waals surface area contributed by atoms with Crippen LogP contribution < -0.4 is 0 Å². The van der Waals surface area contributed by atoms with Crippen LogP contribution in [0, 0.1) is 11.8 Å². The number of hydrogen-bond donors (Lipinski definition) is 1. The molecule has 0 bridgehead atoms. The summed E-state index contributed by atoms with van der Waals surface area (Å²) < 4.78 is 6.52. The highest BCUT2D eigenvalue weighted by molar-refractivity contribution is 6.00. The van der Waals surface area contributed by atoms with Crippen LogP contribution in [0.4, 0.5) is 0 Å². The summed E-state index contributed by atoms with van der Waals surface area (Å²) in [5.74, 6) is -2.06.